The fraction of sp³-hybridized carbons (Fsp3) is 0.714. The van der Waals surface area contributed by atoms with E-state index in [9.17, 15) is 9.90 Å². The first-order valence-corrected chi connectivity index (χ1v) is 10.4. The maximum Gasteiger partial charge on any atom is 0.253 e. The number of likely N-dealkylation sites (tertiary alicyclic amines) is 1. The van der Waals surface area contributed by atoms with E-state index in [0.29, 0.717) is 12.0 Å². The van der Waals surface area contributed by atoms with E-state index in [-0.39, 0.29) is 12.5 Å². The third kappa shape index (κ3) is 5.06. The molecule has 6 heteroatoms. The maximum atomic E-state index is 13.0. The number of aryl methyl sites for hydroxylation is 1. The molecule has 2 saturated heterocycles. The van der Waals surface area contributed by atoms with Gasteiger partial charge in [0.25, 0.3) is 5.91 Å². The van der Waals surface area contributed by atoms with Crippen molar-refractivity contribution in [2.75, 3.05) is 52.9 Å². The first-order chi connectivity index (χ1) is 13.1. The van der Waals surface area contributed by atoms with Crippen molar-refractivity contribution in [1.29, 1.82) is 0 Å². The monoisotopic (exact) mass is 374 g/mol. The van der Waals surface area contributed by atoms with E-state index in [2.05, 4.69) is 28.8 Å². The molecule has 1 aromatic heterocycles. The van der Waals surface area contributed by atoms with Gasteiger partial charge in [-0.25, -0.2) is 0 Å². The minimum atomic E-state index is 0.123. The van der Waals surface area contributed by atoms with E-state index in [1.807, 2.05) is 17.0 Å². The highest BCUT2D eigenvalue weighted by Gasteiger charge is 2.35. The van der Waals surface area contributed by atoms with Gasteiger partial charge in [-0.15, -0.1) is 0 Å². The Morgan fingerprint density at radius 3 is 2.74 bits per heavy atom. The second-order valence-corrected chi connectivity index (χ2v) is 7.96. The number of piperazine rings is 1. The zero-order valence-corrected chi connectivity index (χ0v) is 16.8. The van der Waals surface area contributed by atoms with Gasteiger partial charge in [0.1, 0.15) is 0 Å². The Kier molecular flexibility index (Phi) is 7.21. The third-order valence-corrected chi connectivity index (χ3v) is 6.15. The van der Waals surface area contributed by atoms with E-state index in [0.717, 1.165) is 76.2 Å². The van der Waals surface area contributed by atoms with Gasteiger partial charge in [0, 0.05) is 69.4 Å². The fourth-order valence-electron chi connectivity index (χ4n) is 4.46. The molecule has 0 unspecified atom stereocenters. The largest absolute Gasteiger partial charge is 0.396 e. The smallest absolute Gasteiger partial charge is 0.253 e. The van der Waals surface area contributed by atoms with Gasteiger partial charge in [0.2, 0.25) is 0 Å². The van der Waals surface area contributed by atoms with E-state index in [1.165, 1.54) is 0 Å². The highest BCUT2D eigenvalue weighted by molar-refractivity contribution is 5.94. The molecule has 1 N–H and O–H groups in total. The summed E-state index contributed by atoms with van der Waals surface area (Å²) in [6.07, 6.45) is 5.40. The van der Waals surface area contributed by atoms with E-state index >= 15 is 0 Å². The van der Waals surface area contributed by atoms with Crippen LogP contribution in [0.3, 0.4) is 0 Å². The predicted molar refractivity (Wildman–Crippen MR) is 107 cm³/mol. The van der Waals surface area contributed by atoms with Crippen molar-refractivity contribution >= 4 is 5.91 Å². The molecule has 3 heterocycles. The highest BCUT2D eigenvalue weighted by Crippen LogP contribution is 2.28. The molecule has 1 aromatic rings. The zero-order valence-electron chi connectivity index (χ0n) is 16.8. The summed E-state index contributed by atoms with van der Waals surface area (Å²) in [5, 5.41) is 9.33. The number of aliphatic hydroxyl groups excluding tert-OH is 1. The van der Waals surface area contributed by atoms with Crippen LogP contribution in [-0.2, 0) is 6.42 Å². The number of carbonyl (C=O) groups is 1. The molecule has 2 fully saturated rings. The van der Waals surface area contributed by atoms with Gasteiger partial charge in [-0.2, -0.15) is 0 Å². The molecule has 0 saturated carbocycles. The Bertz CT molecular complexity index is 616. The second-order valence-electron chi connectivity index (χ2n) is 7.96. The molecule has 2 aliphatic heterocycles. The predicted octanol–water partition coefficient (Wildman–Crippen LogP) is 1.49. The molecule has 2 aliphatic rings. The number of hydrogen-bond donors (Lipinski definition) is 1. The number of carbonyl (C=O) groups excluding carboxylic acids is 1. The van der Waals surface area contributed by atoms with Gasteiger partial charge in [0.15, 0.2) is 0 Å². The lowest BCUT2D eigenvalue weighted by Crippen LogP contribution is -2.56. The Balaban J connectivity index is 1.68. The Labute approximate surface area is 163 Å². The summed E-state index contributed by atoms with van der Waals surface area (Å²) in [6.45, 7) is 8.33. The molecule has 3 rings (SSSR count). The SMILES string of the molecule is CCc1cc(C(=O)N2CC[C@H](N3CCN(C)CC3)[C@H](CCCO)C2)ccn1. The fourth-order valence-corrected chi connectivity index (χ4v) is 4.46. The summed E-state index contributed by atoms with van der Waals surface area (Å²) in [7, 11) is 2.18. The highest BCUT2D eigenvalue weighted by atomic mass is 16.3. The Hall–Kier alpha value is -1.50. The molecule has 0 aliphatic carbocycles. The van der Waals surface area contributed by atoms with Crippen molar-refractivity contribution in [3.8, 4) is 0 Å². The summed E-state index contributed by atoms with van der Waals surface area (Å²) < 4.78 is 0. The molecule has 27 heavy (non-hydrogen) atoms. The molecule has 0 radical (unpaired) electrons. The van der Waals surface area contributed by atoms with Gasteiger partial charge in [-0.3, -0.25) is 14.7 Å². The normalized spacial score (nSPS) is 24.9. The van der Waals surface area contributed by atoms with E-state index < -0.39 is 0 Å². The lowest BCUT2D eigenvalue weighted by atomic mass is 9.86. The summed E-state index contributed by atoms with van der Waals surface area (Å²) >= 11 is 0. The quantitative estimate of drug-likeness (QED) is 0.818. The first-order valence-electron chi connectivity index (χ1n) is 10.4. The minimum Gasteiger partial charge on any atom is -0.396 e. The molecule has 150 valence electrons. The molecular weight excluding hydrogens is 340 g/mol. The van der Waals surface area contributed by atoms with Crippen LogP contribution in [0.2, 0.25) is 0 Å². The summed E-state index contributed by atoms with van der Waals surface area (Å²) in [4.78, 5) is 24.4. The van der Waals surface area contributed by atoms with Crippen LogP contribution in [0.25, 0.3) is 0 Å². The van der Waals surface area contributed by atoms with Gasteiger partial charge in [0.05, 0.1) is 0 Å². The molecule has 2 atom stereocenters. The second kappa shape index (κ2) is 9.62. The van der Waals surface area contributed by atoms with Crippen molar-refractivity contribution < 1.29 is 9.90 Å². The number of hydrogen-bond acceptors (Lipinski definition) is 5. The van der Waals surface area contributed by atoms with Crippen molar-refractivity contribution in [2.24, 2.45) is 5.92 Å². The molecular formula is C21H34N4O2. The molecule has 1 amide bonds. The van der Waals surface area contributed by atoms with Crippen LogP contribution in [0, 0.1) is 5.92 Å². The maximum absolute atomic E-state index is 13.0. The first kappa shape index (κ1) is 20.2. The van der Waals surface area contributed by atoms with Gasteiger partial charge >= 0.3 is 0 Å². The van der Waals surface area contributed by atoms with Gasteiger partial charge in [-0.05, 0) is 50.8 Å². The van der Waals surface area contributed by atoms with Crippen LogP contribution in [0.1, 0.15) is 42.2 Å². The van der Waals surface area contributed by atoms with Gasteiger partial charge in [-0.1, -0.05) is 6.92 Å². The van der Waals surface area contributed by atoms with E-state index in [4.69, 9.17) is 0 Å². The number of rotatable bonds is 6. The summed E-state index contributed by atoms with van der Waals surface area (Å²) in [6, 6.07) is 4.28. The standard InChI is InChI=1S/C21H34N4O2/c1-3-19-15-17(6-8-22-19)21(27)25-9-7-20(18(16-25)5-4-14-26)24-12-10-23(2)11-13-24/h6,8,15,18,20,26H,3-5,7,9-14,16H2,1-2H3/t18-,20+/m1/s1. The molecule has 0 bridgehead atoms. The average Bonchev–Trinajstić information content (AvgIpc) is 2.72. The zero-order chi connectivity index (χ0) is 19.2. The van der Waals surface area contributed by atoms with Crippen molar-refractivity contribution in [3.05, 3.63) is 29.6 Å². The summed E-state index contributed by atoms with van der Waals surface area (Å²) in [5.74, 6) is 0.559. The number of likely N-dealkylation sites (N-methyl/N-ethyl adjacent to an activating group) is 1. The van der Waals surface area contributed by atoms with Crippen LogP contribution in [-0.4, -0.2) is 89.7 Å². The topological polar surface area (TPSA) is 59.9 Å². The van der Waals surface area contributed by atoms with Crippen LogP contribution in [0.5, 0.6) is 0 Å². The van der Waals surface area contributed by atoms with Crippen LogP contribution >= 0.6 is 0 Å². The summed E-state index contributed by atoms with van der Waals surface area (Å²) in [5.41, 5.74) is 1.71. The number of aromatic nitrogens is 1. The average molecular weight is 375 g/mol. The van der Waals surface area contributed by atoms with Crippen molar-refractivity contribution in [1.82, 2.24) is 19.7 Å². The van der Waals surface area contributed by atoms with Crippen LogP contribution in [0.4, 0.5) is 0 Å². The van der Waals surface area contributed by atoms with Crippen molar-refractivity contribution in [3.63, 3.8) is 0 Å². The number of nitrogens with zero attached hydrogens (tertiary/aromatic N) is 4. The lowest BCUT2D eigenvalue weighted by molar-refractivity contribution is 0.0218. The van der Waals surface area contributed by atoms with Crippen LogP contribution in [0.15, 0.2) is 18.3 Å². The Morgan fingerprint density at radius 2 is 2.04 bits per heavy atom. The molecule has 0 aromatic carbocycles. The number of pyridine rings is 1. The minimum absolute atomic E-state index is 0.123. The van der Waals surface area contributed by atoms with Crippen molar-refractivity contribution in [2.45, 2.75) is 38.6 Å². The number of aliphatic hydroxyl groups is 1. The number of amides is 1. The lowest BCUT2D eigenvalue weighted by Gasteiger charge is -2.46. The molecule has 6 nitrogen and oxygen atoms in total. The third-order valence-electron chi connectivity index (χ3n) is 6.15. The van der Waals surface area contributed by atoms with Crippen LogP contribution < -0.4 is 0 Å². The Morgan fingerprint density at radius 1 is 1.26 bits per heavy atom. The van der Waals surface area contributed by atoms with E-state index in [1.54, 1.807) is 6.20 Å². The molecule has 0 spiro atoms. The number of piperidine rings is 1. The van der Waals surface area contributed by atoms with Gasteiger partial charge < -0.3 is 14.9 Å².